The van der Waals surface area contributed by atoms with Crippen LogP contribution in [-0.2, 0) is 12.8 Å². The SMILES string of the molecule is COc1ccccc1C(=O)NCCOc1ccc2c(c1)CCC2. The van der Waals surface area contributed by atoms with E-state index < -0.39 is 0 Å². The lowest BCUT2D eigenvalue weighted by molar-refractivity contribution is 0.0944. The van der Waals surface area contributed by atoms with Gasteiger partial charge in [-0.15, -0.1) is 0 Å². The largest absolute Gasteiger partial charge is 0.496 e. The van der Waals surface area contributed by atoms with Crippen molar-refractivity contribution in [3.63, 3.8) is 0 Å². The first-order valence-electron chi connectivity index (χ1n) is 7.94. The number of carbonyl (C=O) groups excluding carboxylic acids is 1. The van der Waals surface area contributed by atoms with Gasteiger partial charge in [0.15, 0.2) is 0 Å². The number of methoxy groups -OCH3 is 1. The van der Waals surface area contributed by atoms with E-state index in [1.165, 1.54) is 24.0 Å². The van der Waals surface area contributed by atoms with Gasteiger partial charge in [-0.25, -0.2) is 0 Å². The number of amides is 1. The predicted octanol–water partition coefficient (Wildman–Crippen LogP) is 2.99. The Kier molecular flexibility index (Phi) is 4.81. The number of ether oxygens (including phenoxy) is 2. The van der Waals surface area contributed by atoms with Crippen LogP contribution in [0.5, 0.6) is 11.5 Å². The molecule has 4 heteroatoms. The molecule has 4 nitrogen and oxygen atoms in total. The van der Waals surface area contributed by atoms with Gasteiger partial charge < -0.3 is 14.8 Å². The maximum atomic E-state index is 12.1. The Hall–Kier alpha value is -2.49. The van der Waals surface area contributed by atoms with Crippen molar-refractivity contribution >= 4 is 5.91 Å². The van der Waals surface area contributed by atoms with E-state index in [1.54, 1.807) is 19.2 Å². The van der Waals surface area contributed by atoms with Gasteiger partial charge in [-0.1, -0.05) is 18.2 Å². The molecule has 0 saturated carbocycles. The van der Waals surface area contributed by atoms with E-state index in [0.717, 1.165) is 12.2 Å². The van der Waals surface area contributed by atoms with Crippen LogP contribution in [0.15, 0.2) is 42.5 Å². The highest BCUT2D eigenvalue weighted by Gasteiger charge is 2.12. The highest BCUT2D eigenvalue weighted by molar-refractivity contribution is 5.96. The van der Waals surface area contributed by atoms with Gasteiger partial charge in [0.1, 0.15) is 18.1 Å². The normalized spacial score (nSPS) is 12.6. The molecule has 0 spiro atoms. The maximum Gasteiger partial charge on any atom is 0.255 e. The van der Waals surface area contributed by atoms with Gasteiger partial charge in [-0.2, -0.15) is 0 Å². The second-order valence-electron chi connectivity index (χ2n) is 5.59. The number of hydrogen-bond donors (Lipinski definition) is 1. The van der Waals surface area contributed by atoms with Crippen LogP contribution in [-0.4, -0.2) is 26.2 Å². The molecule has 0 bridgehead atoms. The first kappa shape index (κ1) is 15.4. The average molecular weight is 311 g/mol. The minimum Gasteiger partial charge on any atom is -0.496 e. The Bertz CT molecular complexity index is 697. The smallest absolute Gasteiger partial charge is 0.255 e. The van der Waals surface area contributed by atoms with Crippen molar-refractivity contribution in [3.8, 4) is 11.5 Å². The third kappa shape index (κ3) is 3.65. The van der Waals surface area contributed by atoms with Crippen molar-refractivity contribution in [1.82, 2.24) is 5.32 Å². The zero-order valence-electron chi connectivity index (χ0n) is 13.3. The summed E-state index contributed by atoms with van der Waals surface area (Å²) in [5.41, 5.74) is 3.36. The van der Waals surface area contributed by atoms with E-state index in [4.69, 9.17) is 9.47 Å². The van der Waals surface area contributed by atoms with Crippen LogP contribution in [0.4, 0.5) is 0 Å². The summed E-state index contributed by atoms with van der Waals surface area (Å²) in [6.45, 7) is 0.896. The van der Waals surface area contributed by atoms with Gasteiger partial charge in [0.05, 0.1) is 19.2 Å². The minimum absolute atomic E-state index is 0.153. The molecule has 1 N–H and O–H groups in total. The molecule has 0 aromatic heterocycles. The van der Waals surface area contributed by atoms with Gasteiger partial charge in [-0.05, 0) is 54.7 Å². The van der Waals surface area contributed by atoms with Crippen molar-refractivity contribution in [3.05, 3.63) is 59.2 Å². The fraction of sp³-hybridized carbons (Fsp3) is 0.316. The standard InChI is InChI=1S/C19H21NO3/c1-22-18-8-3-2-7-17(18)19(21)20-11-12-23-16-10-9-14-5-4-6-15(14)13-16/h2-3,7-10,13H,4-6,11-12H2,1H3,(H,20,21). The van der Waals surface area contributed by atoms with Gasteiger partial charge >= 0.3 is 0 Å². The van der Waals surface area contributed by atoms with E-state index in [-0.39, 0.29) is 5.91 Å². The molecule has 0 unspecified atom stereocenters. The molecular formula is C19H21NO3. The molecule has 0 aliphatic heterocycles. The molecule has 120 valence electrons. The molecule has 0 heterocycles. The molecule has 0 radical (unpaired) electrons. The van der Waals surface area contributed by atoms with Gasteiger partial charge in [0.2, 0.25) is 0 Å². The van der Waals surface area contributed by atoms with Crippen molar-refractivity contribution in [1.29, 1.82) is 0 Å². The number of aryl methyl sites for hydroxylation is 2. The first-order valence-corrected chi connectivity index (χ1v) is 7.94. The zero-order chi connectivity index (χ0) is 16.1. The van der Waals surface area contributed by atoms with Crippen LogP contribution >= 0.6 is 0 Å². The van der Waals surface area contributed by atoms with E-state index in [2.05, 4.69) is 17.4 Å². The Morgan fingerprint density at radius 2 is 1.96 bits per heavy atom. The first-order chi connectivity index (χ1) is 11.3. The summed E-state index contributed by atoms with van der Waals surface area (Å²) >= 11 is 0. The summed E-state index contributed by atoms with van der Waals surface area (Å²) in [5, 5.41) is 2.85. The molecule has 0 atom stereocenters. The van der Waals surface area contributed by atoms with Gasteiger partial charge in [-0.3, -0.25) is 4.79 Å². The highest BCUT2D eigenvalue weighted by Crippen LogP contribution is 2.25. The Labute approximate surface area is 136 Å². The summed E-state index contributed by atoms with van der Waals surface area (Å²) < 4.78 is 10.9. The van der Waals surface area contributed by atoms with Crippen LogP contribution in [0.25, 0.3) is 0 Å². The fourth-order valence-corrected chi connectivity index (χ4v) is 2.90. The topological polar surface area (TPSA) is 47.6 Å². The number of benzene rings is 2. The predicted molar refractivity (Wildman–Crippen MR) is 89.3 cm³/mol. The highest BCUT2D eigenvalue weighted by atomic mass is 16.5. The maximum absolute atomic E-state index is 12.1. The van der Waals surface area contributed by atoms with Gasteiger partial charge in [0.25, 0.3) is 5.91 Å². The van der Waals surface area contributed by atoms with E-state index in [1.807, 2.05) is 18.2 Å². The third-order valence-corrected chi connectivity index (χ3v) is 4.08. The number of carbonyl (C=O) groups is 1. The van der Waals surface area contributed by atoms with E-state index in [0.29, 0.717) is 24.5 Å². The molecule has 1 aliphatic carbocycles. The monoisotopic (exact) mass is 311 g/mol. The fourth-order valence-electron chi connectivity index (χ4n) is 2.90. The lowest BCUT2D eigenvalue weighted by Gasteiger charge is -2.11. The number of para-hydroxylation sites is 1. The molecule has 1 aliphatic rings. The number of hydrogen-bond acceptors (Lipinski definition) is 3. The molecule has 0 saturated heterocycles. The van der Waals surface area contributed by atoms with Crippen LogP contribution in [0.1, 0.15) is 27.9 Å². The second kappa shape index (κ2) is 7.18. The molecule has 23 heavy (non-hydrogen) atoms. The van der Waals surface area contributed by atoms with Crippen molar-refractivity contribution < 1.29 is 14.3 Å². The average Bonchev–Trinajstić information content (AvgIpc) is 3.06. The molecular weight excluding hydrogens is 290 g/mol. The lowest BCUT2D eigenvalue weighted by atomic mass is 10.1. The zero-order valence-corrected chi connectivity index (χ0v) is 13.3. The second-order valence-corrected chi connectivity index (χ2v) is 5.59. The Morgan fingerprint density at radius 1 is 1.13 bits per heavy atom. The Morgan fingerprint density at radius 3 is 2.83 bits per heavy atom. The molecule has 2 aromatic rings. The van der Waals surface area contributed by atoms with Crippen molar-refractivity contribution in [2.75, 3.05) is 20.3 Å². The number of nitrogens with one attached hydrogen (secondary N) is 1. The minimum atomic E-state index is -0.153. The van der Waals surface area contributed by atoms with Gasteiger partial charge in [0, 0.05) is 0 Å². The lowest BCUT2D eigenvalue weighted by Crippen LogP contribution is -2.28. The van der Waals surface area contributed by atoms with E-state index >= 15 is 0 Å². The van der Waals surface area contributed by atoms with Crippen LogP contribution in [0.3, 0.4) is 0 Å². The summed E-state index contributed by atoms with van der Waals surface area (Å²) in [4.78, 5) is 12.1. The number of rotatable bonds is 6. The molecule has 2 aromatic carbocycles. The molecule has 1 amide bonds. The van der Waals surface area contributed by atoms with E-state index in [9.17, 15) is 4.79 Å². The van der Waals surface area contributed by atoms with Crippen molar-refractivity contribution in [2.24, 2.45) is 0 Å². The summed E-state index contributed by atoms with van der Waals surface area (Å²) in [6.07, 6.45) is 3.54. The quantitative estimate of drug-likeness (QED) is 0.834. The Balaban J connectivity index is 1.49. The van der Waals surface area contributed by atoms with Crippen LogP contribution < -0.4 is 14.8 Å². The van der Waals surface area contributed by atoms with Crippen LogP contribution in [0, 0.1) is 0 Å². The van der Waals surface area contributed by atoms with Crippen LogP contribution in [0.2, 0.25) is 0 Å². The van der Waals surface area contributed by atoms with Crippen molar-refractivity contribution in [2.45, 2.75) is 19.3 Å². The molecule has 3 rings (SSSR count). The summed E-state index contributed by atoms with van der Waals surface area (Å²) in [7, 11) is 1.56. The third-order valence-electron chi connectivity index (χ3n) is 4.08. The molecule has 0 fully saturated rings. The number of fused-ring (bicyclic) bond motifs is 1. The summed E-state index contributed by atoms with van der Waals surface area (Å²) in [6, 6.07) is 13.4. The summed E-state index contributed by atoms with van der Waals surface area (Å²) in [5.74, 6) is 1.29.